The monoisotopic (exact) mass is 466 g/mol. The first-order valence-electron chi connectivity index (χ1n) is 13.2. The lowest BCUT2D eigenvalue weighted by molar-refractivity contribution is -0.135. The van der Waals surface area contributed by atoms with E-state index in [0.717, 1.165) is 44.4 Å². The number of hydrogen-bond donors (Lipinski definition) is 2. The van der Waals surface area contributed by atoms with Gasteiger partial charge in [-0.25, -0.2) is 9.97 Å². The van der Waals surface area contributed by atoms with E-state index < -0.39 is 5.60 Å². The van der Waals surface area contributed by atoms with Crippen LogP contribution in [0.25, 0.3) is 0 Å². The van der Waals surface area contributed by atoms with E-state index in [0.29, 0.717) is 42.7 Å². The average Bonchev–Trinajstić information content (AvgIpc) is 3.20. The molecule has 0 aliphatic heterocycles. The molecule has 1 heterocycles. The summed E-state index contributed by atoms with van der Waals surface area (Å²) in [5, 5.41) is 23.1. The van der Waals surface area contributed by atoms with Crippen LogP contribution in [0, 0.1) is 52.3 Å². The van der Waals surface area contributed by atoms with Crippen molar-refractivity contribution < 1.29 is 14.6 Å². The molecule has 7 heteroatoms. The van der Waals surface area contributed by atoms with E-state index in [4.69, 9.17) is 10.00 Å². The molecule has 8 atom stereocenters. The fourth-order valence-electron chi connectivity index (χ4n) is 8.51. The number of fused-ring (bicyclic) bond motifs is 5. The SMILES string of the molecule is CCOCC1(O)CCC2C(CCC3C2CCC2(C)C(C(=O)Nc4ccnc(C#N)n4)CCC32)C1. The summed E-state index contributed by atoms with van der Waals surface area (Å²) in [6, 6.07) is 3.59. The van der Waals surface area contributed by atoms with Gasteiger partial charge in [-0.15, -0.1) is 0 Å². The highest BCUT2D eigenvalue weighted by atomic mass is 16.5. The molecule has 4 aliphatic rings. The number of rotatable bonds is 5. The van der Waals surface area contributed by atoms with Crippen LogP contribution in [0.2, 0.25) is 0 Å². The number of nitriles is 1. The highest BCUT2D eigenvalue weighted by Gasteiger charge is 2.59. The number of carbonyl (C=O) groups excluding carboxylic acids is 1. The molecule has 4 aliphatic carbocycles. The summed E-state index contributed by atoms with van der Waals surface area (Å²) in [5.74, 6) is 3.85. The van der Waals surface area contributed by atoms with Crippen LogP contribution >= 0.6 is 0 Å². The number of aliphatic hydroxyl groups is 1. The van der Waals surface area contributed by atoms with E-state index >= 15 is 0 Å². The van der Waals surface area contributed by atoms with Gasteiger partial charge in [-0.1, -0.05) is 6.92 Å². The van der Waals surface area contributed by atoms with Crippen molar-refractivity contribution in [3.05, 3.63) is 18.1 Å². The molecule has 0 radical (unpaired) electrons. The lowest BCUT2D eigenvalue weighted by Crippen LogP contribution is -2.52. The molecule has 34 heavy (non-hydrogen) atoms. The molecule has 0 bridgehead atoms. The molecule has 0 aromatic carbocycles. The maximum atomic E-state index is 13.3. The maximum absolute atomic E-state index is 13.3. The van der Waals surface area contributed by atoms with Crippen molar-refractivity contribution in [2.75, 3.05) is 18.5 Å². The zero-order valence-electron chi connectivity index (χ0n) is 20.5. The van der Waals surface area contributed by atoms with Crippen LogP contribution in [0.5, 0.6) is 0 Å². The van der Waals surface area contributed by atoms with E-state index in [-0.39, 0.29) is 23.1 Å². The van der Waals surface area contributed by atoms with Crippen molar-refractivity contribution in [2.24, 2.45) is 40.9 Å². The molecule has 7 nitrogen and oxygen atoms in total. The fraction of sp³-hybridized carbons (Fsp3) is 0.778. The van der Waals surface area contributed by atoms with Crippen molar-refractivity contribution in [3.63, 3.8) is 0 Å². The van der Waals surface area contributed by atoms with Gasteiger partial charge >= 0.3 is 0 Å². The second kappa shape index (κ2) is 9.20. The van der Waals surface area contributed by atoms with Crippen molar-refractivity contribution in [2.45, 2.75) is 77.2 Å². The largest absolute Gasteiger partial charge is 0.387 e. The highest BCUT2D eigenvalue weighted by molar-refractivity contribution is 5.92. The molecular weight excluding hydrogens is 428 g/mol. The number of carbonyl (C=O) groups is 1. The summed E-state index contributed by atoms with van der Waals surface area (Å²) in [7, 11) is 0. The predicted octanol–water partition coefficient (Wildman–Crippen LogP) is 4.32. The molecule has 0 spiro atoms. The molecule has 5 rings (SSSR count). The summed E-state index contributed by atoms with van der Waals surface area (Å²) in [5.41, 5.74) is -0.621. The van der Waals surface area contributed by atoms with Gasteiger partial charge in [0.15, 0.2) is 0 Å². The third kappa shape index (κ3) is 4.13. The first-order valence-corrected chi connectivity index (χ1v) is 13.2. The molecule has 1 aromatic heterocycles. The second-order valence-corrected chi connectivity index (χ2v) is 11.6. The van der Waals surface area contributed by atoms with Crippen molar-refractivity contribution >= 4 is 11.7 Å². The van der Waals surface area contributed by atoms with Gasteiger partial charge in [0.05, 0.1) is 12.2 Å². The highest BCUT2D eigenvalue weighted by Crippen LogP contribution is 2.64. The topological polar surface area (TPSA) is 108 Å². The first-order chi connectivity index (χ1) is 16.4. The summed E-state index contributed by atoms with van der Waals surface area (Å²) in [4.78, 5) is 21.4. The Morgan fingerprint density at radius 1 is 1.21 bits per heavy atom. The Labute approximate surface area is 202 Å². The van der Waals surface area contributed by atoms with Crippen LogP contribution in [0.15, 0.2) is 12.3 Å². The third-order valence-electron chi connectivity index (χ3n) is 10.0. The van der Waals surface area contributed by atoms with E-state index in [9.17, 15) is 9.90 Å². The summed E-state index contributed by atoms with van der Waals surface area (Å²) in [6.45, 7) is 5.47. The summed E-state index contributed by atoms with van der Waals surface area (Å²) >= 11 is 0. The third-order valence-corrected chi connectivity index (χ3v) is 10.0. The maximum Gasteiger partial charge on any atom is 0.234 e. The second-order valence-electron chi connectivity index (χ2n) is 11.6. The first kappa shape index (κ1) is 23.7. The molecule has 1 aromatic rings. The smallest absolute Gasteiger partial charge is 0.234 e. The van der Waals surface area contributed by atoms with E-state index in [2.05, 4.69) is 22.2 Å². The van der Waals surface area contributed by atoms with Crippen molar-refractivity contribution in [1.82, 2.24) is 9.97 Å². The number of nitrogens with one attached hydrogen (secondary N) is 1. The van der Waals surface area contributed by atoms with Gasteiger partial charge in [0.1, 0.15) is 11.9 Å². The number of ether oxygens (including phenoxy) is 1. The quantitative estimate of drug-likeness (QED) is 0.669. The van der Waals surface area contributed by atoms with Crippen molar-refractivity contribution in [3.8, 4) is 6.07 Å². The van der Waals surface area contributed by atoms with Gasteiger partial charge in [-0.2, -0.15) is 5.26 Å². The average molecular weight is 467 g/mol. The van der Waals surface area contributed by atoms with Gasteiger partial charge in [0, 0.05) is 18.7 Å². The van der Waals surface area contributed by atoms with Gasteiger partial charge < -0.3 is 15.2 Å². The Balaban J connectivity index is 1.27. The van der Waals surface area contributed by atoms with Crippen LogP contribution < -0.4 is 5.32 Å². The van der Waals surface area contributed by atoms with Crippen LogP contribution in [0.4, 0.5) is 5.82 Å². The molecule has 184 valence electrons. The predicted molar refractivity (Wildman–Crippen MR) is 127 cm³/mol. The van der Waals surface area contributed by atoms with Crippen LogP contribution in [-0.4, -0.2) is 39.8 Å². The molecule has 0 saturated heterocycles. The number of hydrogen-bond acceptors (Lipinski definition) is 6. The Morgan fingerprint density at radius 2 is 2.03 bits per heavy atom. The fourth-order valence-corrected chi connectivity index (χ4v) is 8.51. The van der Waals surface area contributed by atoms with Crippen molar-refractivity contribution in [1.29, 1.82) is 5.26 Å². The minimum atomic E-state index is -0.643. The molecular formula is C27H38N4O3. The Kier molecular flexibility index (Phi) is 6.41. The van der Waals surface area contributed by atoms with E-state index in [1.54, 1.807) is 6.07 Å². The Hall–Kier alpha value is -2.04. The van der Waals surface area contributed by atoms with Gasteiger partial charge in [-0.05, 0) is 106 Å². The van der Waals surface area contributed by atoms with Gasteiger partial charge in [0.25, 0.3) is 0 Å². The van der Waals surface area contributed by atoms with E-state index in [1.165, 1.54) is 25.5 Å². The molecule has 8 unspecified atom stereocenters. The van der Waals surface area contributed by atoms with Gasteiger partial charge in [-0.3, -0.25) is 4.79 Å². The Bertz CT molecular complexity index is 963. The van der Waals surface area contributed by atoms with Crippen LogP contribution in [-0.2, 0) is 9.53 Å². The Morgan fingerprint density at radius 3 is 2.82 bits per heavy atom. The normalized spacial score (nSPS) is 41.0. The zero-order valence-corrected chi connectivity index (χ0v) is 20.5. The molecule has 4 saturated carbocycles. The summed E-state index contributed by atoms with van der Waals surface area (Å²) in [6.07, 6.45) is 11.1. The molecule has 4 fully saturated rings. The van der Waals surface area contributed by atoms with Gasteiger partial charge in [0.2, 0.25) is 11.7 Å². The lowest BCUT2D eigenvalue weighted by Gasteiger charge is -2.57. The van der Waals surface area contributed by atoms with Crippen LogP contribution in [0.1, 0.15) is 77.5 Å². The molecule has 2 N–H and O–H groups in total. The standard InChI is InChI=1S/C27H38N4O3/c1-3-34-16-27(33)12-9-18-17(14-27)4-5-20-19(18)8-11-26(2)21(20)6-7-22(26)25(32)31-23-10-13-29-24(15-28)30-23/h10,13,17-22,33H,3-9,11-12,14,16H2,1-2H3,(H,29,30,31,32). The zero-order chi connectivity index (χ0) is 23.9. The number of amides is 1. The minimum Gasteiger partial charge on any atom is -0.387 e. The number of nitrogens with zero attached hydrogens (tertiary/aromatic N) is 3. The number of aromatic nitrogens is 2. The van der Waals surface area contributed by atoms with Crippen LogP contribution in [0.3, 0.4) is 0 Å². The number of anilines is 1. The summed E-state index contributed by atoms with van der Waals surface area (Å²) < 4.78 is 5.61. The van der Waals surface area contributed by atoms with E-state index in [1.807, 2.05) is 13.0 Å². The minimum absolute atomic E-state index is 0.0145. The lowest BCUT2D eigenvalue weighted by atomic mass is 9.49. The molecule has 1 amide bonds.